The van der Waals surface area contributed by atoms with Gasteiger partial charge in [0.1, 0.15) is 0 Å². The van der Waals surface area contributed by atoms with Gasteiger partial charge >= 0.3 is 0 Å². The standard InChI is InChI=1S/C9H20N4O2/c1-3-13(6-8(14)11-2)7-9(15)12-5-4-10/h3-7,10H2,1-2H3,(H,11,14)(H,12,15). The highest BCUT2D eigenvalue weighted by molar-refractivity contribution is 5.80. The van der Waals surface area contributed by atoms with Crippen molar-refractivity contribution < 1.29 is 9.59 Å². The summed E-state index contributed by atoms with van der Waals surface area (Å²) in [5.41, 5.74) is 5.25. The largest absolute Gasteiger partial charge is 0.358 e. The highest BCUT2D eigenvalue weighted by Gasteiger charge is 2.11. The Balaban J connectivity index is 3.87. The van der Waals surface area contributed by atoms with E-state index in [0.29, 0.717) is 19.6 Å². The smallest absolute Gasteiger partial charge is 0.234 e. The SMILES string of the molecule is CCN(CC(=O)NC)CC(=O)NCCN. The molecule has 0 radical (unpaired) electrons. The van der Waals surface area contributed by atoms with Crippen LogP contribution in [0.1, 0.15) is 6.92 Å². The van der Waals surface area contributed by atoms with Gasteiger partial charge in [0.2, 0.25) is 11.8 Å². The average molecular weight is 216 g/mol. The number of amides is 2. The minimum Gasteiger partial charge on any atom is -0.358 e. The van der Waals surface area contributed by atoms with Crippen LogP contribution in [0.4, 0.5) is 0 Å². The molecule has 6 nitrogen and oxygen atoms in total. The fourth-order valence-corrected chi connectivity index (χ4v) is 1.03. The lowest BCUT2D eigenvalue weighted by molar-refractivity contribution is -0.124. The molecule has 0 rings (SSSR count). The van der Waals surface area contributed by atoms with E-state index in [-0.39, 0.29) is 24.9 Å². The van der Waals surface area contributed by atoms with Crippen LogP contribution in [0.3, 0.4) is 0 Å². The minimum atomic E-state index is -0.105. The van der Waals surface area contributed by atoms with Crippen molar-refractivity contribution in [3.05, 3.63) is 0 Å². The molecule has 0 aliphatic heterocycles. The second-order valence-corrected chi connectivity index (χ2v) is 3.12. The van der Waals surface area contributed by atoms with Crippen molar-refractivity contribution in [2.75, 3.05) is 39.8 Å². The van der Waals surface area contributed by atoms with Crippen molar-refractivity contribution in [2.24, 2.45) is 5.73 Å². The predicted octanol–water partition coefficient (Wildman–Crippen LogP) is -1.87. The Morgan fingerprint density at radius 3 is 2.33 bits per heavy atom. The summed E-state index contributed by atoms with van der Waals surface area (Å²) in [6, 6.07) is 0. The Morgan fingerprint density at radius 2 is 1.87 bits per heavy atom. The van der Waals surface area contributed by atoms with Gasteiger partial charge in [-0.1, -0.05) is 6.92 Å². The maximum Gasteiger partial charge on any atom is 0.234 e. The fraction of sp³-hybridized carbons (Fsp3) is 0.778. The third kappa shape index (κ3) is 6.87. The Bertz CT molecular complexity index is 208. The van der Waals surface area contributed by atoms with Crippen LogP contribution in [0.15, 0.2) is 0 Å². The Kier molecular flexibility index (Phi) is 7.57. The molecule has 0 aromatic carbocycles. The first-order chi connectivity index (χ1) is 7.13. The molecule has 0 spiro atoms. The Morgan fingerprint density at radius 1 is 1.27 bits per heavy atom. The van der Waals surface area contributed by atoms with Crippen molar-refractivity contribution in [3.8, 4) is 0 Å². The van der Waals surface area contributed by atoms with Crippen molar-refractivity contribution >= 4 is 11.8 Å². The number of carbonyl (C=O) groups is 2. The first-order valence-electron chi connectivity index (χ1n) is 5.03. The fourth-order valence-electron chi connectivity index (χ4n) is 1.03. The number of rotatable bonds is 7. The summed E-state index contributed by atoms with van der Waals surface area (Å²) < 4.78 is 0. The van der Waals surface area contributed by atoms with E-state index in [1.807, 2.05) is 6.92 Å². The number of hydrogen-bond donors (Lipinski definition) is 3. The molecule has 88 valence electrons. The van der Waals surface area contributed by atoms with Crippen LogP contribution >= 0.6 is 0 Å². The number of nitrogens with one attached hydrogen (secondary N) is 2. The molecule has 0 aliphatic carbocycles. The molecule has 2 amide bonds. The molecule has 0 saturated carbocycles. The number of hydrogen-bond acceptors (Lipinski definition) is 4. The van der Waals surface area contributed by atoms with Gasteiger partial charge in [-0.05, 0) is 6.54 Å². The van der Waals surface area contributed by atoms with Crippen LogP contribution in [-0.4, -0.2) is 56.5 Å². The summed E-state index contributed by atoms with van der Waals surface area (Å²) in [5, 5.41) is 5.16. The minimum absolute atomic E-state index is 0.0940. The number of nitrogens with two attached hydrogens (primary N) is 1. The second-order valence-electron chi connectivity index (χ2n) is 3.12. The zero-order chi connectivity index (χ0) is 11.7. The van der Waals surface area contributed by atoms with Crippen molar-refractivity contribution in [2.45, 2.75) is 6.92 Å². The summed E-state index contributed by atoms with van der Waals surface area (Å²) in [6.07, 6.45) is 0. The van der Waals surface area contributed by atoms with Gasteiger partial charge in [0, 0.05) is 20.1 Å². The van der Waals surface area contributed by atoms with Crippen LogP contribution in [0.5, 0.6) is 0 Å². The van der Waals surface area contributed by atoms with Gasteiger partial charge in [-0.2, -0.15) is 0 Å². The molecule has 0 unspecified atom stereocenters. The van der Waals surface area contributed by atoms with Crippen LogP contribution in [0.25, 0.3) is 0 Å². The number of carbonyl (C=O) groups excluding carboxylic acids is 2. The van der Waals surface area contributed by atoms with Gasteiger partial charge in [-0.3, -0.25) is 14.5 Å². The molecule has 6 heteroatoms. The maximum absolute atomic E-state index is 11.3. The van der Waals surface area contributed by atoms with Crippen LogP contribution in [0, 0.1) is 0 Å². The molecule has 0 bridgehead atoms. The third-order valence-corrected chi connectivity index (χ3v) is 1.93. The Labute approximate surface area is 90.2 Å². The molecule has 4 N–H and O–H groups in total. The topological polar surface area (TPSA) is 87.5 Å². The van der Waals surface area contributed by atoms with Crippen molar-refractivity contribution in [1.29, 1.82) is 0 Å². The summed E-state index contributed by atoms with van der Waals surface area (Å²) >= 11 is 0. The first-order valence-corrected chi connectivity index (χ1v) is 5.03. The van der Waals surface area contributed by atoms with E-state index in [1.165, 1.54) is 0 Å². The lowest BCUT2D eigenvalue weighted by atomic mass is 10.4. The molecule has 15 heavy (non-hydrogen) atoms. The van der Waals surface area contributed by atoms with Gasteiger partial charge < -0.3 is 16.4 Å². The van der Waals surface area contributed by atoms with E-state index < -0.39 is 0 Å². The number of likely N-dealkylation sites (N-methyl/N-ethyl adjacent to an activating group) is 2. The van der Waals surface area contributed by atoms with Gasteiger partial charge in [0.05, 0.1) is 13.1 Å². The molecule has 0 aromatic rings. The van der Waals surface area contributed by atoms with Crippen molar-refractivity contribution in [3.63, 3.8) is 0 Å². The highest BCUT2D eigenvalue weighted by Crippen LogP contribution is 1.86. The normalized spacial score (nSPS) is 10.1. The second kappa shape index (κ2) is 8.19. The summed E-state index contributed by atoms with van der Waals surface area (Å²) in [5.74, 6) is -0.199. The van der Waals surface area contributed by atoms with E-state index in [2.05, 4.69) is 10.6 Å². The van der Waals surface area contributed by atoms with E-state index >= 15 is 0 Å². The van der Waals surface area contributed by atoms with E-state index in [9.17, 15) is 9.59 Å². The molecule has 0 atom stereocenters. The quantitative estimate of drug-likeness (QED) is 0.465. The average Bonchev–Trinajstić information content (AvgIpc) is 2.25. The lowest BCUT2D eigenvalue weighted by Gasteiger charge is -2.18. The molecule has 0 aliphatic rings. The van der Waals surface area contributed by atoms with Gasteiger partial charge in [-0.25, -0.2) is 0 Å². The molecular formula is C9H20N4O2. The third-order valence-electron chi connectivity index (χ3n) is 1.93. The molecule has 0 heterocycles. The zero-order valence-electron chi connectivity index (χ0n) is 9.38. The van der Waals surface area contributed by atoms with Crippen molar-refractivity contribution in [1.82, 2.24) is 15.5 Å². The molecule has 0 fully saturated rings. The van der Waals surface area contributed by atoms with Crippen LogP contribution in [-0.2, 0) is 9.59 Å². The van der Waals surface area contributed by atoms with Gasteiger partial charge in [-0.15, -0.1) is 0 Å². The number of nitrogens with zero attached hydrogens (tertiary/aromatic N) is 1. The van der Waals surface area contributed by atoms with E-state index in [1.54, 1.807) is 11.9 Å². The predicted molar refractivity (Wildman–Crippen MR) is 58.2 cm³/mol. The molecule has 0 saturated heterocycles. The highest BCUT2D eigenvalue weighted by atomic mass is 16.2. The maximum atomic E-state index is 11.3. The molecular weight excluding hydrogens is 196 g/mol. The van der Waals surface area contributed by atoms with Gasteiger partial charge in [0.15, 0.2) is 0 Å². The lowest BCUT2D eigenvalue weighted by Crippen LogP contribution is -2.43. The Hall–Kier alpha value is -1.14. The summed E-state index contributed by atoms with van der Waals surface area (Å²) in [4.78, 5) is 24.1. The van der Waals surface area contributed by atoms with E-state index in [4.69, 9.17) is 5.73 Å². The van der Waals surface area contributed by atoms with E-state index in [0.717, 1.165) is 0 Å². The first kappa shape index (κ1) is 13.9. The monoisotopic (exact) mass is 216 g/mol. The summed E-state index contributed by atoms with van der Waals surface area (Å²) in [7, 11) is 1.57. The van der Waals surface area contributed by atoms with Crippen LogP contribution in [0.2, 0.25) is 0 Å². The van der Waals surface area contributed by atoms with Gasteiger partial charge in [0.25, 0.3) is 0 Å². The van der Waals surface area contributed by atoms with Crippen LogP contribution < -0.4 is 16.4 Å². The summed E-state index contributed by atoms with van der Waals surface area (Å²) in [6.45, 7) is 3.92. The zero-order valence-corrected chi connectivity index (χ0v) is 9.38. The molecule has 0 aromatic heterocycles.